The van der Waals surface area contributed by atoms with Crippen molar-refractivity contribution in [3.05, 3.63) is 77.7 Å². The summed E-state index contributed by atoms with van der Waals surface area (Å²) in [5.41, 5.74) is 1.12. The summed E-state index contributed by atoms with van der Waals surface area (Å²) in [6.45, 7) is 0.193. The van der Waals surface area contributed by atoms with E-state index in [2.05, 4.69) is 15.1 Å². The average Bonchev–Trinajstić information content (AvgIpc) is 2.74. The Kier molecular flexibility index (Phi) is 6.69. The molecule has 8 heteroatoms. The molecule has 0 N–H and O–H groups in total. The quantitative estimate of drug-likeness (QED) is 0.187. The second-order valence-electron chi connectivity index (χ2n) is 5.49. The number of oxime groups is 1. The van der Waals surface area contributed by atoms with Gasteiger partial charge in [-0.05, 0) is 30.0 Å². The fourth-order valence-electron chi connectivity index (χ4n) is 2.18. The molecule has 0 amide bonds. The summed E-state index contributed by atoms with van der Waals surface area (Å²) in [6.07, 6.45) is 4.36. The van der Waals surface area contributed by atoms with Gasteiger partial charge in [0.25, 0.3) is 5.88 Å². The minimum Gasteiger partial charge on any atom is -0.486 e. The number of hydrogen-bond acceptors (Lipinski definition) is 7. The third-order valence-corrected chi connectivity index (χ3v) is 4.12. The van der Waals surface area contributed by atoms with Crippen LogP contribution in [0.2, 0.25) is 0 Å². The molecule has 3 aromatic rings. The van der Waals surface area contributed by atoms with Gasteiger partial charge in [0.2, 0.25) is 5.78 Å². The van der Waals surface area contributed by atoms with Crippen molar-refractivity contribution in [2.45, 2.75) is 11.8 Å². The zero-order valence-electron chi connectivity index (χ0n) is 14.9. The van der Waals surface area contributed by atoms with Crippen LogP contribution in [0.15, 0.2) is 71.1 Å². The summed E-state index contributed by atoms with van der Waals surface area (Å²) in [4.78, 5) is 25.4. The zero-order chi connectivity index (χ0) is 19.8. The van der Waals surface area contributed by atoms with E-state index in [0.717, 1.165) is 11.8 Å². The largest absolute Gasteiger partial charge is 0.486 e. The molecule has 1 heterocycles. The van der Waals surface area contributed by atoms with Crippen LogP contribution in [0.5, 0.6) is 11.6 Å². The Bertz CT molecular complexity index is 983. The Hall–Kier alpha value is -3.26. The first-order chi connectivity index (χ1) is 13.7. The van der Waals surface area contributed by atoms with Crippen LogP contribution in [0, 0.1) is 5.82 Å². The highest BCUT2D eigenvalue weighted by Crippen LogP contribution is 2.20. The van der Waals surface area contributed by atoms with Crippen molar-refractivity contribution < 1.29 is 18.8 Å². The summed E-state index contributed by atoms with van der Waals surface area (Å²) >= 11 is 1.36. The molecule has 142 valence electrons. The Morgan fingerprint density at radius 3 is 2.82 bits per heavy atom. The SMILES string of the molecule is CSc1nccc(O/N=C/C(=O)c2ccc(F)c(OCc3ccccc3)c2)n1. The molecule has 0 aliphatic rings. The molecular weight excluding hydrogens is 381 g/mol. The van der Waals surface area contributed by atoms with Crippen LogP contribution in [0.4, 0.5) is 4.39 Å². The monoisotopic (exact) mass is 397 g/mol. The number of aromatic nitrogens is 2. The van der Waals surface area contributed by atoms with Crippen LogP contribution in [-0.2, 0) is 6.61 Å². The van der Waals surface area contributed by atoms with E-state index >= 15 is 0 Å². The van der Waals surface area contributed by atoms with Gasteiger partial charge in [0.15, 0.2) is 16.7 Å². The molecule has 0 bridgehead atoms. The summed E-state index contributed by atoms with van der Waals surface area (Å²) in [5, 5.41) is 4.16. The molecule has 0 saturated heterocycles. The maximum absolute atomic E-state index is 14.0. The number of Topliss-reactive ketones (excluding diaryl/α,β-unsaturated/α-hetero) is 1. The minimum atomic E-state index is -0.550. The molecule has 0 aliphatic heterocycles. The second kappa shape index (κ2) is 9.61. The van der Waals surface area contributed by atoms with Crippen LogP contribution in [0.3, 0.4) is 0 Å². The average molecular weight is 397 g/mol. The van der Waals surface area contributed by atoms with Crippen molar-refractivity contribution in [1.82, 2.24) is 9.97 Å². The first-order valence-corrected chi connectivity index (χ1v) is 9.46. The number of ketones is 1. The van der Waals surface area contributed by atoms with Crippen molar-refractivity contribution in [2.75, 3.05) is 6.26 Å². The van der Waals surface area contributed by atoms with Gasteiger partial charge in [-0.2, -0.15) is 4.98 Å². The predicted octanol–water partition coefficient (Wildman–Crippen LogP) is 4.16. The lowest BCUT2D eigenvalue weighted by atomic mass is 10.1. The third kappa shape index (κ3) is 5.37. The van der Waals surface area contributed by atoms with E-state index in [9.17, 15) is 9.18 Å². The van der Waals surface area contributed by atoms with Crippen molar-refractivity contribution in [3.63, 3.8) is 0 Å². The summed E-state index contributed by atoms with van der Waals surface area (Å²) < 4.78 is 19.5. The highest BCUT2D eigenvalue weighted by Gasteiger charge is 2.10. The minimum absolute atomic E-state index is 0.00978. The molecule has 0 fully saturated rings. The van der Waals surface area contributed by atoms with Gasteiger partial charge in [-0.25, -0.2) is 9.37 Å². The van der Waals surface area contributed by atoms with Crippen LogP contribution in [-0.4, -0.2) is 28.2 Å². The standard InChI is InChI=1S/C20H16FN3O3S/c1-28-20-22-10-9-19(24-20)27-23-12-17(25)15-7-8-16(21)18(11-15)26-13-14-5-3-2-4-6-14/h2-12H,13H2,1H3/b23-12+. The van der Waals surface area contributed by atoms with E-state index in [1.807, 2.05) is 36.6 Å². The maximum Gasteiger partial charge on any atom is 0.252 e. The van der Waals surface area contributed by atoms with Gasteiger partial charge >= 0.3 is 0 Å². The topological polar surface area (TPSA) is 73.7 Å². The molecule has 0 saturated carbocycles. The second-order valence-corrected chi connectivity index (χ2v) is 6.26. The van der Waals surface area contributed by atoms with E-state index in [1.165, 1.54) is 42.2 Å². The van der Waals surface area contributed by atoms with Crippen molar-refractivity contribution in [1.29, 1.82) is 0 Å². The predicted molar refractivity (Wildman–Crippen MR) is 104 cm³/mol. The number of hydrogen-bond donors (Lipinski definition) is 0. The number of carbonyl (C=O) groups excluding carboxylic acids is 1. The lowest BCUT2D eigenvalue weighted by Crippen LogP contribution is -2.04. The first kappa shape index (κ1) is 19.5. The summed E-state index contributed by atoms with van der Waals surface area (Å²) in [5.74, 6) is -0.797. The van der Waals surface area contributed by atoms with Gasteiger partial charge in [0.05, 0.1) is 0 Å². The lowest BCUT2D eigenvalue weighted by molar-refractivity contribution is 0.106. The van der Waals surface area contributed by atoms with Crippen molar-refractivity contribution in [3.8, 4) is 11.6 Å². The third-order valence-electron chi connectivity index (χ3n) is 3.56. The molecule has 1 aromatic heterocycles. The molecule has 0 unspecified atom stereocenters. The van der Waals surface area contributed by atoms with Crippen molar-refractivity contribution >= 4 is 23.8 Å². The van der Waals surface area contributed by atoms with Gasteiger partial charge in [-0.15, -0.1) is 0 Å². The van der Waals surface area contributed by atoms with Gasteiger partial charge in [0, 0.05) is 17.8 Å². The fraction of sp³-hybridized carbons (Fsp3) is 0.100. The highest BCUT2D eigenvalue weighted by molar-refractivity contribution is 7.98. The van der Waals surface area contributed by atoms with Crippen LogP contribution in [0.25, 0.3) is 0 Å². The van der Waals surface area contributed by atoms with Crippen molar-refractivity contribution in [2.24, 2.45) is 5.16 Å². The van der Waals surface area contributed by atoms with Gasteiger partial charge in [0.1, 0.15) is 12.8 Å². The number of ether oxygens (including phenoxy) is 1. The Labute approximate surface area is 165 Å². The normalized spacial score (nSPS) is 10.8. The van der Waals surface area contributed by atoms with Gasteiger partial charge in [-0.3, -0.25) is 4.79 Å². The fourth-order valence-corrected chi connectivity index (χ4v) is 2.53. The number of halogens is 1. The van der Waals surface area contributed by atoms with E-state index in [0.29, 0.717) is 5.16 Å². The van der Waals surface area contributed by atoms with E-state index < -0.39 is 11.6 Å². The lowest BCUT2D eigenvalue weighted by Gasteiger charge is -2.08. The number of carbonyl (C=O) groups is 1. The zero-order valence-corrected chi connectivity index (χ0v) is 15.7. The molecule has 3 rings (SSSR count). The number of nitrogens with zero attached hydrogens (tertiary/aromatic N) is 3. The highest BCUT2D eigenvalue weighted by atomic mass is 32.2. The number of thioether (sulfide) groups is 1. The van der Waals surface area contributed by atoms with E-state index in [1.54, 1.807) is 0 Å². The molecule has 6 nitrogen and oxygen atoms in total. The Morgan fingerprint density at radius 1 is 1.21 bits per heavy atom. The Balaban J connectivity index is 1.64. The smallest absolute Gasteiger partial charge is 0.252 e. The molecule has 2 aromatic carbocycles. The molecular formula is C20H16FN3O3S. The van der Waals surface area contributed by atoms with Gasteiger partial charge < -0.3 is 9.57 Å². The van der Waals surface area contributed by atoms with Crippen LogP contribution >= 0.6 is 11.8 Å². The Morgan fingerprint density at radius 2 is 2.04 bits per heavy atom. The van der Waals surface area contributed by atoms with Gasteiger partial charge in [-0.1, -0.05) is 47.2 Å². The molecule has 0 aliphatic carbocycles. The van der Waals surface area contributed by atoms with E-state index in [4.69, 9.17) is 9.57 Å². The molecule has 0 spiro atoms. The summed E-state index contributed by atoms with van der Waals surface area (Å²) in [7, 11) is 0. The summed E-state index contributed by atoms with van der Waals surface area (Å²) in [6, 6.07) is 14.7. The number of rotatable bonds is 8. The molecule has 0 atom stereocenters. The first-order valence-electron chi connectivity index (χ1n) is 8.24. The maximum atomic E-state index is 14.0. The number of benzene rings is 2. The molecule has 0 radical (unpaired) electrons. The van der Waals surface area contributed by atoms with Crippen LogP contribution in [0.1, 0.15) is 15.9 Å². The molecule has 28 heavy (non-hydrogen) atoms. The van der Waals surface area contributed by atoms with Crippen LogP contribution < -0.4 is 9.57 Å². The van der Waals surface area contributed by atoms with E-state index in [-0.39, 0.29) is 23.8 Å².